The second-order valence-corrected chi connectivity index (χ2v) is 15.9. The van der Waals surface area contributed by atoms with E-state index >= 15 is 8.42 Å². The van der Waals surface area contributed by atoms with Crippen LogP contribution in [0.15, 0.2) is 204 Å². The van der Waals surface area contributed by atoms with Gasteiger partial charge < -0.3 is 9.13 Å². The Balaban J connectivity index is 1.26. The summed E-state index contributed by atoms with van der Waals surface area (Å²) in [5.41, 5.74) is 8.70. The highest BCUT2D eigenvalue weighted by Gasteiger charge is 2.49. The molecule has 3 heterocycles. The molecule has 0 aliphatic carbocycles. The van der Waals surface area contributed by atoms with E-state index in [4.69, 9.17) is 0 Å². The molecule has 0 fully saturated rings. The molecule has 2 aromatic heterocycles. The lowest BCUT2D eigenvalue weighted by atomic mass is 9.64. The van der Waals surface area contributed by atoms with Gasteiger partial charge in [-0.05, 0) is 70.8 Å². The van der Waals surface area contributed by atoms with Crippen LogP contribution in [0.5, 0.6) is 0 Å². The summed E-state index contributed by atoms with van der Waals surface area (Å²) in [6, 6.07) is 66.3. The minimum absolute atomic E-state index is 0.336. The summed E-state index contributed by atoms with van der Waals surface area (Å²) in [7, 11) is -3.99. The zero-order valence-electron chi connectivity index (χ0n) is 29.1. The zero-order valence-corrected chi connectivity index (χ0v) is 29.9. The van der Waals surface area contributed by atoms with Gasteiger partial charge in [0.1, 0.15) is 0 Å². The van der Waals surface area contributed by atoms with Gasteiger partial charge in [-0.2, -0.15) is 0 Å². The van der Waals surface area contributed by atoms with Gasteiger partial charge in [0, 0.05) is 32.9 Å². The average molecular weight is 713 g/mol. The first-order chi connectivity index (χ1) is 26.6. The van der Waals surface area contributed by atoms with E-state index in [1.807, 2.05) is 66.7 Å². The molecule has 0 saturated heterocycles. The maximum absolute atomic E-state index is 15.3. The Hall–Kier alpha value is -6.69. The molecule has 1 aliphatic heterocycles. The minimum atomic E-state index is -3.99. The SMILES string of the molecule is O=S1(=O)c2ccccc2C(c2ccccc2)(c2ccccc2)c2ccc3c(c21)c1ccccc1n3-c1cccc(-n2c3ccccc3c3ccccc32)c1. The lowest BCUT2D eigenvalue weighted by Crippen LogP contribution is -2.37. The van der Waals surface area contributed by atoms with Crippen molar-refractivity contribution >= 4 is 53.4 Å². The predicted molar refractivity (Wildman–Crippen MR) is 219 cm³/mol. The third kappa shape index (κ3) is 4.04. The van der Waals surface area contributed by atoms with E-state index in [2.05, 4.69) is 130 Å². The molecule has 0 radical (unpaired) electrons. The Labute approximate surface area is 312 Å². The van der Waals surface area contributed by atoms with Gasteiger partial charge >= 0.3 is 0 Å². The van der Waals surface area contributed by atoms with Crippen molar-refractivity contribution in [1.82, 2.24) is 9.13 Å². The van der Waals surface area contributed by atoms with E-state index in [0.29, 0.717) is 9.79 Å². The van der Waals surface area contributed by atoms with Gasteiger partial charge in [-0.1, -0.05) is 146 Å². The molecule has 256 valence electrons. The molecule has 0 bridgehead atoms. The summed E-state index contributed by atoms with van der Waals surface area (Å²) in [5.74, 6) is 0. The molecule has 0 N–H and O–H groups in total. The molecule has 1 aliphatic rings. The summed E-state index contributed by atoms with van der Waals surface area (Å²) in [4.78, 5) is 0.697. The standard InChI is InChI=1S/C49H32N2O2S/c52-54(53)46-29-14-10-25-40(46)49(33-16-3-1-4-17-33,34-18-5-2-6-19-34)41-30-31-45-47(48(41)54)39-24-9-13-28-44(39)51(45)36-21-15-20-35(32-36)50-42-26-11-7-22-37(42)38-23-8-12-27-43(38)50/h1-32H. The third-order valence-corrected chi connectivity index (χ3v) is 13.3. The topological polar surface area (TPSA) is 44.0 Å². The van der Waals surface area contributed by atoms with E-state index in [1.165, 1.54) is 10.8 Å². The van der Waals surface area contributed by atoms with Gasteiger partial charge in [-0.15, -0.1) is 0 Å². The van der Waals surface area contributed by atoms with Crippen LogP contribution in [0.1, 0.15) is 22.3 Å². The van der Waals surface area contributed by atoms with Crippen molar-refractivity contribution < 1.29 is 8.42 Å². The number of para-hydroxylation sites is 3. The molecule has 5 heteroatoms. The molecule has 54 heavy (non-hydrogen) atoms. The summed E-state index contributed by atoms with van der Waals surface area (Å²) >= 11 is 0. The summed E-state index contributed by atoms with van der Waals surface area (Å²) in [5, 5.41) is 4.03. The van der Waals surface area contributed by atoms with E-state index in [-0.39, 0.29) is 0 Å². The molecule has 0 atom stereocenters. The van der Waals surface area contributed by atoms with Crippen LogP contribution in [0.3, 0.4) is 0 Å². The smallest absolute Gasteiger partial charge is 0.207 e. The normalized spacial score (nSPS) is 14.4. The molecule has 0 spiro atoms. The number of aromatic nitrogens is 2. The van der Waals surface area contributed by atoms with Crippen LogP contribution in [0.4, 0.5) is 0 Å². The highest BCUT2D eigenvalue weighted by Crippen LogP contribution is 2.56. The highest BCUT2D eigenvalue weighted by molar-refractivity contribution is 7.92. The fourth-order valence-corrected chi connectivity index (χ4v) is 11.3. The van der Waals surface area contributed by atoms with Crippen molar-refractivity contribution in [2.24, 2.45) is 0 Å². The first-order valence-corrected chi connectivity index (χ1v) is 19.7. The summed E-state index contributed by atoms with van der Waals surface area (Å²) in [6.45, 7) is 0. The lowest BCUT2D eigenvalue weighted by Gasteiger charge is -2.42. The fraction of sp³-hybridized carbons (Fsp3) is 0.0204. The van der Waals surface area contributed by atoms with E-state index in [0.717, 1.165) is 66.5 Å². The van der Waals surface area contributed by atoms with Crippen molar-refractivity contribution in [1.29, 1.82) is 0 Å². The monoisotopic (exact) mass is 712 g/mol. The predicted octanol–water partition coefficient (Wildman–Crippen LogP) is 11.4. The minimum Gasteiger partial charge on any atom is -0.309 e. The van der Waals surface area contributed by atoms with Gasteiger partial charge in [0.15, 0.2) is 0 Å². The number of benzene rings is 8. The Kier molecular flexibility index (Phi) is 6.52. The van der Waals surface area contributed by atoms with Crippen molar-refractivity contribution in [2.45, 2.75) is 15.2 Å². The van der Waals surface area contributed by atoms with Crippen LogP contribution in [0.2, 0.25) is 0 Å². The molecule has 0 unspecified atom stereocenters. The maximum atomic E-state index is 15.3. The van der Waals surface area contributed by atoms with Crippen LogP contribution >= 0.6 is 0 Å². The lowest BCUT2D eigenvalue weighted by molar-refractivity contribution is 0.580. The molecule has 0 amide bonds. The maximum Gasteiger partial charge on any atom is 0.207 e. The second-order valence-electron chi connectivity index (χ2n) is 14.1. The number of fused-ring (bicyclic) bond motifs is 9. The van der Waals surface area contributed by atoms with Crippen LogP contribution < -0.4 is 0 Å². The Bertz CT molecular complexity index is 3140. The summed E-state index contributed by atoms with van der Waals surface area (Å²) in [6.07, 6.45) is 0. The van der Waals surface area contributed by atoms with Crippen molar-refractivity contribution in [3.8, 4) is 11.4 Å². The van der Waals surface area contributed by atoms with Gasteiger partial charge in [-0.25, -0.2) is 8.42 Å². The van der Waals surface area contributed by atoms with Crippen LogP contribution in [0, 0.1) is 0 Å². The first kappa shape index (κ1) is 30.9. The molecular weight excluding hydrogens is 681 g/mol. The Morgan fingerprint density at radius 2 is 0.870 bits per heavy atom. The van der Waals surface area contributed by atoms with E-state index in [1.54, 1.807) is 6.07 Å². The van der Waals surface area contributed by atoms with Crippen LogP contribution in [-0.2, 0) is 15.3 Å². The quantitative estimate of drug-likeness (QED) is 0.182. The van der Waals surface area contributed by atoms with Crippen molar-refractivity contribution in [3.63, 3.8) is 0 Å². The Morgan fingerprint density at radius 1 is 0.389 bits per heavy atom. The number of hydrogen-bond acceptors (Lipinski definition) is 2. The third-order valence-electron chi connectivity index (χ3n) is 11.4. The largest absolute Gasteiger partial charge is 0.309 e. The molecule has 4 nitrogen and oxygen atoms in total. The number of hydrogen-bond donors (Lipinski definition) is 0. The van der Waals surface area contributed by atoms with Crippen molar-refractivity contribution in [3.05, 3.63) is 216 Å². The van der Waals surface area contributed by atoms with Crippen molar-refractivity contribution in [2.75, 3.05) is 0 Å². The second kappa shape index (κ2) is 11.4. The average Bonchev–Trinajstić information content (AvgIpc) is 3.75. The molecule has 0 saturated carbocycles. The molecule has 8 aromatic carbocycles. The van der Waals surface area contributed by atoms with Crippen LogP contribution in [-0.4, -0.2) is 17.6 Å². The number of nitrogens with zero attached hydrogens (tertiary/aromatic N) is 2. The van der Waals surface area contributed by atoms with E-state index in [9.17, 15) is 0 Å². The van der Waals surface area contributed by atoms with Gasteiger partial charge in [-0.3, -0.25) is 0 Å². The van der Waals surface area contributed by atoms with Crippen LogP contribution in [0.25, 0.3) is 55.0 Å². The number of rotatable bonds is 4. The summed E-state index contributed by atoms with van der Waals surface area (Å²) < 4.78 is 35.1. The fourth-order valence-electron chi connectivity index (χ4n) is 9.28. The zero-order chi connectivity index (χ0) is 36.0. The van der Waals surface area contributed by atoms with Gasteiger partial charge in [0.2, 0.25) is 9.84 Å². The molecule has 10 aromatic rings. The number of sulfone groups is 1. The van der Waals surface area contributed by atoms with E-state index < -0.39 is 15.3 Å². The molecule has 11 rings (SSSR count). The molecular formula is C49H32N2O2S. The van der Waals surface area contributed by atoms with Gasteiger partial charge in [0.25, 0.3) is 0 Å². The highest BCUT2D eigenvalue weighted by atomic mass is 32.2. The first-order valence-electron chi connectivity index (χ1n) is 18.2. The van der Waals surface area contributed by atoms with Gasteiger partial charge in [0.05, 0.1) is 37.3 Å². The Morgan fingerprint density at radius 3 is 1.48 bits per heavy atom.